The van der Waals surface area contributed by atoms with Crippen molar-refractivity contribution >= 4 is 5.97 Å². The molecule has 102 valence electrons. The van der Waals surface area contributed by atoms with Gasteiger partial charge in [0.15, 0.2) is 0 Å². The molecule has 3 atom stereocenters. The van der Waals surface area contributed by atoms with Gasteiger partial charge in [-0.25, -0.2) is 4.79 Å². The summed E-state index contributed by atoms with van der Waals surface area (Å²) in [7, 11) is 0. The predicted molar refractivity (Wildman–Crippen MR) is 75.2 cm³/mol. The number of hydrogen-bond acceptors (Lipinski definition) is 2. The molecule has 0 saturated heterocycles. The van der Waals surface area contributed by atoms with E-state index in [4.69, 9.17) is 4.74 Å². The summed E-state index contributed by atoms with van der Waals surface area (Å²) in [4.78, 5) is 11.7. The van der Waals surface area contributed by atoms with Crippen LogP contribution in [0.1, 0.15) is 47.0 Å². The summed E-state index contributed by atoms with van der Waals surface area (Å²) in [6.07, 6.45) is 4.18. The molecule has 0 bridgehead atoms. The van der Waals surface area contributed by atoms with Crippen molar-refractivity contribution in [2.24, 2.45) is 17.8 Å². The van der Waals surface area contributed by atoms with Crippen molar-refractivity contribution in [2.75, 3.05) is 0 Å². The largest absolute Gasteiger partial charge is 0.455 e. The molecule has 0 aliphatic heterocycles. The summed E-state index contributed by atoms with van der Waals surface area (Å²) in [5.74, 6) is 0.668. The molecule has 1 aliphatic rings. The average Bonchev–Trinajstić information content (AvgIpc) is 2.31. The molecular formula is C16H26O2. The highest BCUT2D eigenvalue weighted by Crippen LogP contribution is 2.48. The zero-order valence-corrected chi connectivity index (χ0v) is 12.2. The molecule has 1 aliphatic carbocycles. The second-order valence-corrected chi connectivity index (χ2v) is 5.80. The molecule has 18 heavy (non-hydrogen) atoms. The lowest BCUT2D eigenvalue weighted by Gasteiger charge is -2.50. The Balaban J connectivity index is 3.15. The Hall–Kier alpha value is -1.05. The van der Waals surface area contributed by atoms with Gasteiger partial charge in [-0.3, -0.25) is 0 Å². The van der Waals surface area contributed by atoms with Crippen molar-refractivity contribution in [3.63, 3.8) is 0 Å². The van der Waals surface area contributed by atoms with E-state index in [-0.39, 0.29) is 11.6 Å². The van der Waals surface area contributed by atoms with E-state index in [1.54, 1.807) is 0 Å². The molecule has 3 unspecified atom stereocenters. The minimum absolute atomic E-state index is 0.300. The molecule has 1 saturated carbocycles. The first-order valence-electron chi connectivity index (χ1n) is 6.90. The first-order valence-corrected chi connectivity index (χ1v) is 6.90. The molecule has 0 aromatic carbocycles. The number of ether oxygens (including phenoxy) is 1. The summed E-state index contributed by atoms with van der Waals surface area (Å²) in [5.41, 5.74) is 0.904. The Morgan fingerprint density at radius 2 is 2.17 bits per heavy atom. The normalized spacial score (nSPS) is 32.4. The molecule has 1 fully saturated rings. The third-order valence-electron chi connectivity index (χ3n) is 4.38. The monoisotopic (exact) mass is 250 g/mol. The Morgan fingerprint density at radius 1 is 1.56 bits per heavy atom. The zero-order chi connectivity index (χ0) is 13.9. The fourth-order valence-electron chi connectivity index (χ4n) is 3.61. The molecule has 0 heterocycles. The Bertz CT molecular complexity index is 343. The van der Waals surface area contributed by atoms with Crippen LogP contribution in [0.15, 0.2) is 24.8 Å². The second-order valence-electron chi connectivity index (χ2n) is 5.80. The third-order valence-corrected chi connectivity index (χ3v) is 4.38. The number of hydrogen-bond donors (Lipinski definition) is 0. The van der Waals surface area contributed by atoms with Crippen LogP contribution in [-0.2, 0) is 9.53 Å². The Kier molecular flexibility index (Phi) is 4.78. The fourth-order valence-corrected chi connectivity index (χ4v) is 3.61. The Labute approximate surface area is 111 Å². The van der Waals surface area contributed by atoms with Crippen molar-refractivity contribution < 1.29 is 9.53 Å². The number of esters is 1. The van der Waals surface area contributed by atoms with Crippen molar-refractivity contribution in [2.45, 2.75) is 52.6 Å². The van der Waals surface area contributed by atoms with Gasteiger partial charge in [0, 0.05) is 17.9 Å². The molecular weight excluding hydrogens is 224 g/mol. The third kappa shape index (κ3) is 2.52. The lowest BCUT2D eigenvalue weighted by molar-refractivity contribution is -0.183. The van der Waals surface area contributed by atoms with Gasteiger partial charge in [-0.2, -0.15) is 0 Å². The molecule has 1 rings (SSSR count). The topological polar surface area (TPSA) is 26.3 Å². The first kappa shape index (κ1) is 15.0. The number of allylic oxidation sites excluding steroid dienone is 1. The zero-order valence-electron chi connectivity index (χ0n) is 12.2. The van der Waals surface area contributed by atoms with Gasteiger partial charge in [-0.15, -0.1) is 0 Å². The molecule has 0 amide bonds. The first-order chi connectivity index (χ1) is 8.38. The van der Waals surface area contributed by atoms with Gasteiger partial charge in [0.2, 0.25) is 0 Å². The maximum atomic E-state index is 11.7. The van der Waals surface area contributed by atoms with Crippen LogP contribution in [0, 0.1) is 17.8 Å². The minimum Gasteiger partial charge on any atom is -0.455 e. The van der Waals surface area contributed by atoms with Crippen LogP contribution in [0.3, 0.4) is 0 Å². The highest BCUT2D eigenvalue weighted by molar-refractivity contribution is 5.81. The predicted octanol–water partition coefficient (Wildman–Crippen LogP) is 4.12. The maximum Gasteiger partial charge on any atom is 0.330 e. The maximum absolute atomic E-state index is 11.7. The molecule has 0 N–H and O–H groups in total. The van der Waals surface area contributed by atoms with E-state index in [2.05, 4.69) is 40.9 Å². The average molecular weight is 250 g/mol. The van der Waals surface area contributed by atoms with E-state index >= 15 is 0 Å². The second kappa shape index (κ2) is 5.73. The summed E-state index contributed by atoms with van der Waals surface area (Å²) >= 11 is 0. The molecule has 0 radical (unpaired) electrons. The summed E-state index contributed by atoms with van der Waals surface area (Å²) in [6, 6.07) is 0. The molecule has 2 nitrogen and oxygen atoms in total. The van der Waals surface area contributed by atoms with E-state index in [1.807, 2.05) is 0 Å². The minimum atomic E-state index is -0.374. The van der Waals surface area contributed by atoms with Gasteiger partial charge < -0.3 is 4.74 Å². The van der Waals surface area contributed by atoms with E-state index in [0.717, 1.165) is 19.3 Å². The highest BCUT2D eigenvalue weighted by Gasteiger charge is 2.50. The van der Waals surface area contributed by atoms with Crippen LogP contribution in [0.2, 0.25) is 0 Å². The van der Waals surface area contributed by atoms with Crippen LogP contribution in [-0.4, -0.2) is 11.6 Å². The quantitative estimate of drug-likeness (QED) is 0.426. The van der Waals surface area contributed by atoms with Gasteiger partial charge >= 0.3 is 5.97 Å². The Morgan fingerprint density at radius 3 is 2.61 bits per heavy atom. The number of carbonyl (C=O) groups is 1. The fraction of sp³-hybridized carbons (Fsp3) is 0.688. The van der Waals surface area contributed by atoms with Gasteiger partial charge in [0.1, 0.15) is 5.60 Å². The van der Waals surface area contributed by atoms with Gasteiger partial charge in [0.25, 0.3) is 0 Å². The van der Waals surface area contributed by atoms with Gasteiger partial charge in [0.05, 0.1) is 0 Å². The van der Waals surface area contributed by atoms with Crippen molar-refractivity contribution in [1.29, 1.82) is 0 Å². The van der Waals surface area contributed by atoms with Crippen molar-refractivity contribution in [3.8, 4) is 0 Å². The van der Waals surface area contributed by atoms with Crippen LogP contribution in [0.4, 0.5) is 0 Å². The summed E-state index contributed by atoms with van der Waals surface area (Å²) < 4.78 is 5.86. The van der Waals surface area contributed by atoms with Crippen molar-refractivity contribution in [1.82, 2.24) is 0 Å². The molecule has 2 heteroatoms. The summed E-state index contributed by atoms with van der Waals surface area (Å²) in [6.45, 7) is 16.3. The summed E-state index contributed by atoms with van der Waals surface area (Å²) in [5, 5.41) is 0. The molecule has 0 spiro atoms. The lowest BCUT2D eigenvalue weighted by Crippen LogP contribution is -2.54. The molecule has 0 aromatic rings. The molecule has 0 aromatic heterocycles. The van der Waals surface area contributed by atoms with Gasteiger partial charge in [-0.1, -0.05) is 46.4 Å². The van der Waals surface area contributed by atoms with Gasteiger partial charge in [-0.05, 0) is 25.2 Å². The van der Waals surface area contributed by atoms with E-state index in [9.17, 15) is 4.79 Å². The lowest BCUT2D eigenvalue weighted by atomic mass is 9.62. The van der Waals surface area contributed by atoms with Crippen LogP contribution >= 0.6 is 0 Å². The van der Waals surface area contributed by atoms with Crippen LogP contribution in [0.25, 0.3) is 0 Å². The standard InChI is InChI=1S/C16H26O2/c1-7-14-10-12(5)9-13(6)16(14,11(3)4)18-15(17)8-2/h8,11,13-14H,2,5,7,9-10H2,1,3-4,6H3. The smallest absolute Gasteiger partial charge is 0.330 e. The van der Waals surface area contributed by atoms with E-state index in [1.165, 1.54) is 11.6 Å². The van der Waals surface area contributed by atoms with E-state index < -0.39 is 0 Å². The highest BCUT2D eigenvalue weighted by atomic mass is 16.6. The van der Waals surface area contributed by atoms with E-state index in [0.29, 0.717) is 17.8 Å². The number of carbonyl (C=O) groups excluding carboxylic acids is 1. The van der Waals surface area contributed by atoms with Crippen molar-refractivity contribution in [3.05, 3.63) is 24.8 Å². The van der Waals surface area contributed by atoms with Crippen LogP contribution < -0.4 is 0 Å². The van der Waals surface area contributed by atoms with Crippen LogP contribution in [0.5, 0.6) is 0 Å². The SMILES string of the molecule is C=CC(=O)OC1(C(C)C)C(C)CC(=C)CC1CC. The number of rotatable bonds is 4.